The first-order valence-corrected chi connectivity index (χ1v) is 16.3. The number of unbranched alkanes of at least 4 members (excludes halogenated alkanes) is 1. The van der Waals surface area contributed by atoms with Crippen molar-refractivity contribution in [3.63, 3.8) is 0 Å². The Morgan fingerprint density at radius 2 is 1.54 bits per heavy atom. The molecule has 0 aliphatic carbocycles. The molecule has 0 unspecified atom stereocenters. The summed E-state index contributed by atoms with van der Waals surface area (Å²) in [5, 5.41) is 30.0. The average Bonchev–Trinajstić information content (AvgIpc) is 3.03. The fraction of sp³-hybridized carbons (Fsp3) is 0.576. The Hall–Kier alpha value is -4.34. The number of carbonyl (C=O) groups is 6. The van der Waals surface area contributed by atoms with Gasteiger partial charge in [-0.05, 0) is 75.1 Å². The van der Waals surface area contributed by atoms with Gasteiger partial charge in [0.15, 0.2) is 5.78 Å². The number of phenols is 1. The summed E-state index contributed by atoms with van der Waals surface area (Å²) in [7, 11) is 0. The molecule has 1 aromatic rings. The van der Waals surface area contributed by atoms with Crippen molar-refractivity contribution >= 4 is 35.4 Å². The molecule has 2 rings (SSSR count). The molecule has 6 atom stereocenters. The zero-order valence-corrected chi connectivity index (χ0v) is 27.7. The van der Waals surface area contributed by atoms with Crippen LogP contribution in [0.25, 0.3) is 0 Å². The van der Waals surface area contributed by atoms with Gasteiger partial charge in [0.1, 0.15) is 23.9 Å². The molecule has 15 nitrogen and oxygen atoms in total. The van der Waals surface area contributed by atoms with E-state index >= 15 is 0 Å². The van der Waals surface area contributed by atoms with Crippen LogP contribution in [0.3, 0.4) is 0 Å². The van der Waals surface area contributed by atoms with Gasteiger partial charge in [-0.1, -0.05) is 38.1 Å². The van der Waals surface area contributed by atoms with Crippen molar-refractivity contribution in [1.82, 2.24) is 21.3 Å². The van der Waals surface area contributed by atoms with Gasteiger partial charge in [0.05, 0.1) is 18.0 Å². The maximum Gasteiger partial charge on any atom is 0.306 e. The zero-order chi connectivity index (χ0) is 35.8. The molecule has 1 aliphatic rings. The minimum Gasteiger partial charge on any atom is -0.508 e. The third kappa shape index (κ3) is 13.4. The van der Waals surface area contributed by atoms with E-state index in [4.69, 9.17) is 17.2 Å². The fourth-order valence-corrected chi connectivity index (χ4v) is 5.24. The van der Waals surface area contributed by atoms with Gasteiger partial charge < -0.3 is 48.7 Å². The van der Waals surface area contributed by atoms with E-state index in [1.807, 2.05) is 13.8 Å². The van der Waals surface area contributed by atoms with Crippen LogP contribution in [-0.2, 0) is 35.2 Å². The van der Waals surface area contributed by atoms with Gasteiger partial charge in [0.2, 0.25) is 23.6 Å². The minimum atomic E-state index is -1.22. The summed E-state index contributed by atoms with van der Waals surface area (Å²) in [6.07, 6.45) is 4.30. The number of Topliss-reactive ketones (excluding diaryl/α,β-unsaturated/α-hetero) is 1. The number of nitrogens with two attached hydrogens (primary N) is 3. The van der Waals surface area contributed by atoms with Crippen molar-refractivity contribution in [2.75, 3.05) is 13.1 Å². The van der Waals surface area contributed by atoms with Crippen LogP contribution in [0.15, 0.2) is 36.4 Å². The van der Waals surface area contributed by atoms with Gasteiger partial charge >= 0.3 is 5.97 Å². The molecule has 266 valence electrons. The third-order valence-corrected chi connectivity index (χ3v) is 7.98. The van der Waals surface area contributed by atoms with Crippen LogP contribution in [0.1, 0.15) is 64.4 Å². The second-order valence-corrected chi connectivity index (χ2v) is 12.5. The van der Waals surface area contributed by atoms with Gasteiger partial charge in [0.25, 0.3) is 0 Å². The van der Waals surface area contributed by atoms with Gasteiger partial charge in [0, 0.05) is 13.0 Å². The van der Waals surface area contributed by atoms with Crippen molar-refractivity contribution in [2.24, 2.45) is 29.0 Å². The molecule has 48 heavy (non-hydrogen) atoms. The summed E-state index contributed by atoms with van der Waals surface area (Å²) in [5.74, 6) is -5.30. The fourth-order valence-electron chi connectivity index (χ4n) is 5.24. The summed E-state index contributed by atoms with van der Waals surface area (Å²) in [6, 6.07) is 0.365. The number of hydrogen-bond donors (Lipinski definition) is 9. The van der Waals surface area contributed by atoms with Crippen molar-refractivity contribution in [1.29, 1.82) is 0 Å². The van der Waals surface area contributed by atoms with Crippen molar-refractivity contribution in [3.8, 4) is 5.75 Å². The van der Waals surface area contributed by atoms with Gasteiger partial charge in [-0.2, -0.15) is 0 Å². The second kappa shape index (κ2) is 20.1. The van der Waals surface area contributed by atoms with Crippen LogP contribution in [0.4, 0.5) is 0 Å². The number of amides is 4. The Balaban J connectivity index is 2.42. The highest BCUT2D eigenvalue weighted by molar-refractivity contribution is 5.96. The van der Waals surface area contributed by atoms with E-state index in [0.29, 0.717) is 24.9 Å². The first-order chi connectivity index (χ1) is 22.7. The number of phenolic OH excluding ortho intramolecular Hbond substituents is 1. The van der Waals surface area contributed by atoms with Gasteiger partial charge in [-0.25, -0.2) is 0 Å². The molecule has 0 fully saturated rings. The summed E-state index contributed by atoms with van der Waals surface area (Å²) < 4.78 is 0. The number of ketones is 1. The molecule has 0 saturated carbocycles. The molecule has 0 saturated heterocycles. The van der Waals surface area contributed by atoms with Crippen LogP contribution >= 0.6 is 0 Å². The Bertz CT molecular complexity index is 1290. The largest absolute Gasteiger partial charge is 0.508 e. The first-order valence-electron chi connectivity index (χ1n) is 16.3. The lowest BCUT2D eigenvalue weighted by Crippen LogP contribution is -2.59. The number of nitrogens with one attached hydrogen (secondary N) is 4. The SMILES string of the molecule is CC(C)C[C@H](CC(=O)[C@H](Cc1ccc(O)cc1)NC(=O)[C@@H]1CC=CC[C@H](N)C(=O)N[C@@H](CN)C(=O)N[C@@H](CCCCN)C(=O)N1)C(=O)O. The monoisotopic (exact) mass is 673 g/mol. The maximum atomic E-state index is 13.8. The van der Waals surface area contributed by atoms with E-state index in [0.717, 1.165) is 0 Å². The molecule has 0 aromatic heterocycles. The number of rotatable bonds is 15. The lowest BCUT2D eigenvalue weighted by Gasteiger charge is -2.27. The van der Waals surface area contributed by atoms with Crippen molar-refractivity contribution in [3.05, 3.63) is 42.0 Å². The predicted octanol–water partition coefficient (Wildman–Crippen LogP) is -0.655. The van der Waals surface area contributed by atoms with E-state index in [1.54, 1.807) is 24.3 Å². The highest BCUT2D eigenvalue weighted by atomic mass is 16.4. The number of benzene rings is 1. The number of carbonyl (C=O) groups excluding carboxylic acids is 5. The zero-order valence-electron chi connectivity index (χ0n) is 27.7. The standard InChI is InChI=1S/C33H51N7O8/c1-19(2)15-21(33(47)48)17-28(42)26(16-20-10-12-22(41)13-11-20)39-31(45)24-8-4-3-7-23(36)29(43)40-27(18-35)32(46)38-25(30(44)37-24)9-5-6-14-34/h3-4,10-13,19,21,23-27,41H,5-9,14-18,34-36H2,1-2H3,(H,37,44)(H,38,46)(H,39,45)(H,40,43)(H,47,48)/t21-,23+,24+,25+,26+,27+/m1/s1. The molecule has 0 spiro atoms. The summed E-state index contributed by atoms with van der Waals surface area (Å²) >= 11 is 0. The normalized spacial score (nSPS) is 22.1. The summed E-state index contributed by atoms with van der Waals surface area (Å²) in [5.41, 5.74) is 17.9. The van der Waals surface area contributed by atoms with E-state index in [-0.39, 0.29) is 56.7 Å². The highest BCUT2D eigenvalue weighted by Gasteiger charge is 2.33. The molecule has 0 bridgehead atoms. The Morgan fingerprint density at radius 1 is 0.917 bits per heavy atom. The number of carboxylic acids is 1. The number of aliphatic carboxylic acids is 1. The Labute approximate surface area is 280 Å². The third-order valence-electron chi connectivity index (χ3n) is 7.98. The van der Waals surface area contributed by atoms with Crippen LogP contribution < -0.4 is 38.5 Å². The molecular weight excluding hydrogens is 622 g/mol. The highest BCUT2D eigenvalue weighted by Crippen LogP contribution is 2.19. The van der Waals surface area contributed by atoms with Crippen molar-refractivity contribution in [2.45, 2.75) is 95.4 Å². The Morgan fingerprint density at radius 3 is 2.15 bits per heavy atom. The quantitative estimate of drug-likeness (QED) is 0.0833. The lowest BCUT2D eigenvalue weighted by atomic mass is 9.89. The van der Waals surface area contributed by atoms with Crippen LogP contribution in [0.5, 0.6) is 5.75 Å². The lowest BCUT2D eigenvalue weighted by molar-refractivity contribution is -0.144. The summed E-state index contributed by atoms with van der Waals surface area (Å²) in [4.78, 5) is 78.6. The smallest absolute Gasteiger partial charge is 0.306 e. The molecule has 1 aromatic carbocycles. The minimum absolute atomic E-state index is 0.00239. The molecule has 15 heteroatoms. The van der Waals surface area contributed by atoms with Crippen LogP contribution in [-0.4, -0.2) is 88.9 Å². The molecule has 4 amide bonds. The average molecular weight is 674 g/mol. The van der Waals surface area contributed by atoms with Gasteiger partial charge in [-0.3, -0.25) is 28.8 Å². The van der Waals surface area contributed by atoms with Crippen LogP contribution in [0, 0.1) is 11.8 Å². The van der Waals surface area contributed by atoms with Crippen LogP contribution in [0.2, 0.25) is 0 Å². The van der Waals surface area contributed by atoms with Crippen molar-refractivity contribution < 1.29 is 39.0 Å². The number of hydrogen-bond acceptors (Lipinski definition) is 10. The van der Waals surface area contributed by atoms with E-state index in [9.17, 15) is 39.0 Å². The van der Waals surface area contributed by atoms with E-state index in [2.05, 4.69) is 21.3 Å². The number of carboxylic acid groups (broad SMARTS) is 1. The molecule has 12 N–H and O–H groups in total. The maximum absolute atomic E-state index is 13.8. The molecular formula is C33H51N7O8. The topological polar surface area (TPSA) is 269 Å². The Kier molecular flexibility index (Phi) is 16.7. The van der Waals surface area contributed by atoms with Gasteiger partial charge in [-0.15, -0.1) is 0 Å². The molecule has 0 radical (unpaired) electrons. The van der Waals surface area contributed by atoms with E-state index in [1.165, 1.54) is 12.1 Å². The number of aromatic hydroxyl groups is 1. The van der Waals surface area contributed by atoms with E-state index < -0.39 is 71.5 Å². The predicted molar refractivity (Wildman–Crippen MR) is 178 cm³/mol. The second-order valence-electron chi connectivity index (χ2n) is 12.5. The molecule has 1 aliphatic heterocycles. The molecule has 1 heterocycles. The summed E-state index contributed by atoms with van der Waals surface area (Å²) in [6.45, 7) is 3.80. The first kappa shape index (κ1) is 39.8.